The molecule has 0 aliphatic heterocycles. The van der Waals surface area contributed by atoms with E-state index in [1.165, 1.54) is 0 Å². The van der Waals surface area contributed by atoms with Crippen molar-refractivity contribution in [1.82, 2.24) is 9.97 Å². The molecule has 4 heteroatoms. The second kappa shape index (κ2) is 4.20. The molecule has 4 nitrogen and oxygen atoms in total. The quantitative estimate of drug-likeness (QED) is 0.823. The van der Waals surface area contributed by atoms with Crippen LogP contribution in [0.25, 0.3) is 11.0 Å². The minimum absolute atomic E-state index is 0.356. The summed E-state index contributed by atoms with van der Waals surface area (Å²) in [6.45, 7) is 3.83. The maximum absolute atomic E-state index is 10.9. The first kappa shape index (κ1) is 11.6. The van der Waals surface area contributed by atoms with Gasteiger partial charge in [0.25, 0.3) is 0 Å². The van der Waals surface area contributed by atoms with E-state index in [0.717, 1.165) is 23.0 Å². The molecule has 17 heavy (non-hydrogen) atoms. The number of methoxy groups -OCH3 is 1. The Labute approximate surface area is 100 Å². The van der Waals surface area contributed by atoms with Crippen LogP contribution in [0.15, 0.2) is 18.2 Å². The van der Waals surface area contributed by atoms with Gasteiger partial charge in [0.05, 0.1) is 18.1 Å². The molecule has 0 spiro atoms. The third-order valence-electron chi connectivity index (χ3n) is 2.68. The summed E-state index contributed by atoms with van der Waals surface area (Å²) >= 11 is 0. The van der Waals surface area contributed by atoms with Crippen LogP contribution < -0.4 is 4.74 Å². The third-order valence-corrected chi connectivity index (χ3v) is 2.68. The van der Waals surface area contributed by atoms with Crippen molar-refractivity contribution in [3.05, 3.63) is 23.9 Å². The molecule has 0 bridgehead atoms. The van der Waals surface area contributed by atoms with Gasteiger partial charge in [0.2, 0.25) is 5.88 Å². The monoisotopic (exact) mass is 232 g/mol. The first-order chi connectivity index (χ1) is 8.04. The third kappa shape index (κ3) is 2.46. The fraction of sp³-hybridized carbons (Fsp3) is 0.385. The highest BCUT2D eigenvalue weighted by atomic mass is 16.5. The van der Waals surface area contributed by atoms with Gasteiger partial charge in [-0.3, -0.25) is 0 Å². The van der Waals surface area contributed by atoms with Crippen LogP contribution >= 0.6 is 0 Å². The molecule has 0 aromatic carbocycles. The van der Waals surface area contributed by atoms with Gasteiger partial charge in [-0.1, -0.05) is 13.8 Å². The summed E-state index contributed by atoms with van der Waals surface area (Å²) in [5.41, 5.74) is 2.48. The first-order valence-corrected chi connectivity index (χ1v) is 5.53. The van der Waals surface area contributed by atoms with Crippen molar-refractivity contribution in [1.29, 1.82) is 0 Å². The zero-order chi connectivity index (χ0) is 12.5. The molecule has 0 amide bonds. The van der Waals surface area contributed by atoms with Gasteiger partial charge < -0.3 is 14.5 Å². The average Bonchev–Trinajstić information content (AvgIpc) is 2.68. The van der Waals surface area contributed by atoms with Gasteiger partial charge in [-0.25, -0.2) is 4.98 Å². The van der Waals surface area contributed by atoms with Gasteiger partial charge in [0, 0.05) is 17.2 Å². The van der Waals surface area contributed by atoms with Crippen LogP contribution in [0.5, 0.6) is 5.88 Å². The highest BCUT2D eigenvalue weighted by Crippen LogP contribution is 2.22. The van der Waals surface area contributed by atoms with Crippen LogP contribution in [-0.4, -0.2) is 23.4 Å². The van der Waals surface area contributed by atoms with Crippen molar-refractivity contribution >= 4 is 17.3 Å². The normalized spacial score (nSPS) is 11.7. The van der Waals surface area contributed by atoms with Crippen molar-refractivity contribution in [3.8, 4) is 5.88 Å². The largest absolute Gasteiger partial charge is 0.481 e. The Hall–Kier alpha value is -1.84. The lowest BCUT2D eigenvalue weighted by molar-refractivity contribution is -0.114. The van der Waals surface area contributed by atoms with Crippen LogP contribution in [0.1, 0.15) is 19.5 Å². The topological polar surface area (TPSA) is 55.0 Å². The van der Waals surface area contributed by atoms with Gasteiger partial charge >= 0.3 is 0 Å². The number of ether oxygens (including phenoxy) is 1. The number of aromatic nitrogens is 2. The smallest absolute Gasteiger partial charge is 0.213 e. The summed E-state index contributed by atoms with van der Waals surface area (Å²) in [4.78, 5) is 18.5. The number of rotatable bonds is 4. The van der Waals surface area contributed by atoms with Crippen molar-refractivity contribution < 1.29 is 9.53 Å². The number of carbonyl (C=O) groups excluding carboxylic acids is 1. The summed E-state index contributed by atoms with van der Waals surface area (Å²) < 4.78 is 5.07. The van der Waals surface area contributed by atoms with Crippen molar-refractivity contribution in [2.75, 3.05) is 7.11 Å². The molecular formula is C13H16N2O2. The number of pyridine rings is 1. The van der Waals surface area contributed by atoms with E-state index in [0.29, 0.717) is 12.3 Å². The summed E-state index contributed by atoms with van der Waals surface area (Å²) in [5.74, 6) is 0.595. The van der Waals surface area contributed by atoms with Crippen molar-refractivity contribution in [2.24, 2.45) is 5.41 Å². The molecule has 0 radical (unpaired) electrons. The Morgan fingerprint density at radius 3 is 2.88 bits per heavy atom. The van der Waals surface area contributed by atoms with E-state index in [1.54, 1.807) is 7.11 Å². The van der Waals surface area contributed by atoms with E-state index >= 15 is 0 Å². The first-order valence-electron chi connectivity index (χ1n) is 5.53. The number of aromatic amines is 1. The highest BCUT2D eigenvalue weighted by Gasteiger charge is 2.18. The second-order valence-corrected chi connectivity index (χ2v) is 4.86. The standard InChI is InChI=1S/C13H16N2O2/c1-13(2,8-16)7-9-6-11-10(14-9)4-5-12(15-11)17-3/h4-6,8,14H,7H2,1-3H3. The molecule has 90 valence electrons. The summed E-state index contributed by atoms with van der Waals surface area (Å²) in [6.07, 6.45) is 1.65. The van der Waals surface area contributed by atoms with E-state index in [-0.39, 0.29) is 5.41 Å². The molecule has 1 N–H and O–H groups in total. The molecule has 0 saturated carbocycles. The number of aldehydes is 1. The number of fused-ring (bicyclic) bond motifs is 1. The highest BCUT2D eigenvalue weighted by molar-refractivity contribution is 5.76. The van der Waals surface area contributed by atoms with Crippen molar-refractivity contribution in [2.45, 2.75) is 20.3 Å². The lowest BCUT2D eigenvalue weighted by Gasteiger charge is -2.14. The van der Waals surface area contributed by atoms with Crippen LogP contribution in [0, 0.1) is 5.41 Å². The molecule has 0 aliphatic carbocycles. The summed E-state index contributed by atoms with van der Waals surface area (Å²) in [6, 6.07) is 5.70. The number of hydrogen-bond donors (Lipinski definition) is 1. The lowest BCUT2D eigenvalue weighted by Crippen LogP contribution is -2.16. The maximum atomic E-state index is 10.9. The molecule has 0 saturated heterocycles. The van der Waals surface area contributed by atoms with Crippen LogP contribution in [0.3, 0.4) is 0 Å². The zero-order valence-electron chi connectivity index (χ0n) is 10.3. The van der Waals surface area contributed by atoms with Crippen LogP contribution in [0.4, 0.5) is 0 Å². The average molecular weight is 232 g/mol. The molecule has 2 rings (SSSR count). The van der Waals surface area contributed by atoms with Crippen LogP contribution in [-0.2, 0) is 11.2 Å². The van der Waals surface area contributed by atoms with E-state index in [2.05, 4.69) is 9.97 Å². The van der Waals surface area contributed by atoms with Gasteiger partial charge in [0.1, 0.15) is 6.29 Å². The molecular weight excluding hydrogens is 216 g/mol. The van der Waals surface area contributed by atoms with E-state index in [4.69, 9.17) is 4.74 Å². The van der Waals surface area contributed by atoms with E-state index < -0.39 is 0 Å². The van der Waals surface area contributed by atoms with E-state index in [9.17, 15) is 4.79 Å². The van der Waals surface area contributed by atoms with Crippen LogP contribution in [0.2, 0.25) is 0 Å². The number of nitrogens with one attached hydrogen (secondary N) is 1. The van der Waals surface area contributed by atoms with Crippen molar-refractivity contribution in [3.63, 3.8) is 0 Å². The fourth-order valence-electron chi connectivity index (χ4n) is 1.79. The number of carbonyl (C=O) groups is 1. The summed E-state index contributed by atoms with van der Waals surface area (Å²) in [5, 5.41) is 0. The Balaban J connectivity index is 2.34. The number of nitrogens with zero attached hydrogens (tertiary/aromatic N) is 1. The second-order valence-electron chi connectivity index (χ2n) is 4.86. The Bertz CT molecular complexity index is 543. The molecule has 2 aromatic heterocycles. The minimum Gasteiger partial charge on any atom is -0.481 e. The Morgan fingerprint density at radius 1 is 1.47 bits per heavy atom. The molecule has 0 fully saturated rings. The Morgan fingerprint density at radius 2 is 2.24 bits per heavy atom. The zero-order valence-corrected chi connectivity index (χ0v) is 10.3. The SMILES string of the molecule is COc1ccc2[nH]c(CC(C)(C)C=O)cc2n1. The van der Waals surface area contributed by atoms with E-state index in [1.807, 2.05) is 32.0 Å². The fourth-order valence-corrected chi connectivity index (χ4v) is 1.79. The predicted octanol–water partition coefficient (Wildman–Crippen LogP) is 2.34. The maximum Gasteiger partial charge on any atom is 0.213 e. The molecule has 0 aliphatic rings. The number of hydrogen-bond acceptors (Lipinski definition) is 3. The van der Waals surface area contributed by atoms with Gasteiger partial charge in [-0.05, 0) is 18.6 Å². The minimum atomic E-state index is -0.356. The summed E-state index contributed by atoms with van der Waals surface area (Å²) in [7, 11) is 1.59. The molecule has 2 heterocycles. The number of H-pyrrole nitrogens is 1. The molecule has 0 atom stereocenters. The molecule has 2 aromatic rings. The lowest BCUT2D eigenvalue weighted by atomic mass is 9.90. The van der Waals surface area contributed by atoms with Gasteiger partial charge in [0.15, 0.2) is 0 Å². The Kier molecular flexibility index (Phi) is 2.88. The molecule has 0 unspecified atom stereocenters. The predicted molar refractivity (Wildman–Crippen MR) is 66.2 cm³/mol. The van der Waals surface area contributed by atoms with Gasteiger partial charge in [-0.2, -0.15) is 0 Å². The van der Waals surface area contributed by atoms with Gasteiger partial charge in [-0.15, -0.1) is 0 Å².